The van der Waals surface area contributed by atoms with Gasteiger partial charge in [0.2, 0.25) is 11.8 Å². The summed E-state index contributed by atoms with van der Waals surface area (Å²) in [6.45, 7) is 2.30. The number of rotatable bonds is 4. The molecule has 0 saturated carbocycles. The highest BCUT2D eigenvalue weighted by Gasteiger charge is 2.34. The second-order valence-electron chi connectivity index (χ2n) is 7.61. The van der Waals surface area contributed by atoms with E-state index in [1.165, 1.54) is 0 Å². The Kier molecular flexibility index (Phi) is 5.38. The molecule has 0 spiro atoms. The number of nitrogens with zero attached hydrogens (tertiary/aromatic N) is 2. The summed E-state index contributed by atoms with van der Waals surface area (Å²) in [4.78, 5) is 29.2. The van der Waals surface area contributed by atoms with Crippen LogP contribution in [0.1, 0.15) is 55.0 Å². The molecule has 0 aromatic heterocycles. The first-order valence-electron chi connectivity index (χ1n) is 10.1. The highest BCUT2D eigenvalue weighted by atomic mass is 16.5. The van der Waals surface area contributed by atoms with E-state index >= 15 is 0 Å². The number of methoxy groups -OCH3 is 1. The third-order valence-corrected chi connectivity index (χ3v) is 5.91. The molecule has 29 heavy (non-hydrogen) atoms. The number of carbonyl (C=O) groups excluding carboxylic acids is 2. The summed E-state index contributed by atoms with van der Waals surface area (Å²) in [5.74, 6) is 0.846. The summed E-state index contributed by atoms with van der Waals surface area (Å²) >= 11 is 0. The van der Waals surface area contributed by atoms with Crippen molar-refractivity contribution in [3.05, 3.63) is 71.4 Å². The zero-order chi connectivity index (χ0) is 20.4. The number of hydrogen-bond donors (Lipinski definition) is 0. The van der Waals surface area contributed by atoms with Gasteiger partial charge in [0.05, 0.1) is 25.6 Å². The molecule has 2 amide bonds. The van der Waals surface area contributed by atoms with Crippen molar-refractivity contribution >= 4 is 17.9 Å². The van der Waals surface area contributed by atoms with Crippen LogP contribution in [0.5, 0.6) is 5.75 Å². The first-order valence-corrected chi connectivity index (χ1v) is 10.1. The van der Waals surface area contributed by atoms with Gasteiger partial charge in [-0.05, 0) is 47.7 Å². The van der Waals surface area contributed by atoms with E-state index in [4.69, 9.17) is 4.74 Å². The maximum Gasteiger partial charge on any atom is 0.225 e. The lowest BCUT2D eigenvalue weighted by Crippen LogP contribution is -2.37. The van der Waals surface area contributed by atoms with Gasteiger partial charge in [0.25, 0.3) is 0 Å². The summed E-state index contributed by atoms with van der Waals surface area (Å²) in [6, 6.07) is 15.7. The number of amides is 2. The first kappa shape index (κ1) is 19.2. The summed E-state index contributed by atoms with van der Waals surface area (Å²) < 4.78 is 5.25. The predicted octanol–water partition coefficient (Wildman–Crippen LogP) is 4.32. The van der Waals surface area contributed by atoms with Crippen molar-refractivity contribution in [2.75, 3.05) is 13.7 Å². The van der Waals surface area contributed by atoms with E-state index in [1.54, 1.807) is 25.1 Å². The van der Waals surface area contributed by atoms with Crippen LogP contribution >= 0.6 is 0 Å². The van der Waals surface area contributed by atoms with E-state index in [-0.39, 0.29) is 30.3 Å². The number of hydrogen-bond acceptors (Lipinski definition) is 3. The zero-order valence-electron chi connectivity index (χ0n) is 16.9. The van der Waals surface area contributed by atoms with Crippen LogP contribution in [0.4, 0.5) is 0 Å². The fourth-order valence-corrected chi connectivity index (χ4v) is 4.43. The molecule has 5 heteroatoms. The van der Waals surface area contributed by atoms with Crippen LogP contribution in [0.25, 0.3) is 6.08 Å². The third kappa shape index (κ3) is 3.77. The Morgan fingerprint density at radius 3 is 2.59 bits per heavy atom. The number of carbonyl (C=O) groups is 2. The Balaban J connectivity index is 1.56. The van der Waals surface area contributed by atoms with Gasteiger partial charge in [-0.25, -0.2) is 0 Å². The Labute approximate surface area is 171 Å². The Morgan fingerprint density at radius 1 is 1.10 bits per heavy atom. The van der Waals surface area contributed by atoms with Crippen molar-refractivity contribution in [1.29, 1.82) is 0 Å². The quantitative estimate of drug-likeness (QED) is 0.781. The minimum Gasteiger partial charge on any atom is -0.497 e. The van der Waals surface area contributed by atoms with Gasteiger partial charge in [0, 0.05) is 19.7 Å². The van der Waals surface area contributed by atoms with Gasteiger partial charge >= 0.3 is 0 Å². The lowest BCUT2D eigenvalue weighted by molar-refractivity contribution is -0.135. The maximum absolute atomic E-state index is 13.3. The van der Waals surface area contributed by atoms with Crippen LogP contribution in [-0.2, 0) is 9.59 Å². The van der Waals surface area contributed by atoms with Gasteiger partial charge in [0.1, 0.15) is 5.75 Å². The summed E-state index contributed by atoms with van der Waals surface area (Å²) in [5, 5.41) is 0. The highest BCUT2D eigenvalue weighted by Crippen LogP contribution is 2.37. The van der Waals surface area contributed by atoms with E-state index < -0.39 is 0 Å². The molecule has 2 aliphatic rings. The van der Waals surface area contributed by atoms with E-state index in [2.05, 4.69) is 0 Å². The molecule has 2 heterocycles. The monoisotopic (exact) mass is 390 g/mol. The van der Waals surface area contributed by atoms with Crippen molar-refractivity contribution in [1.82, 2.24) is 9.80 Å². The standard InChI is InChI=1S/C24H26N2O3/c1-17(27)25-15-13-18-6-3-4-7-21(18)23(25)16-24(28)26-14-5-8-22(26)19-9-11-20(29-2)12-10-19/h3-4,6-7,9-13,15,22-23H,5,8,14,16H2,1-2H3/t22-,23-/m1/s1. The molecule has 2 aromatic carbocycles. The lowest BCUT2D eigenvalue weighted by Gasteiger charge is -2.34. The van der Waals surface area contributed by atoms with Gasteiger partial charge < -0.3 is 14.5 Å². The topological polar surface area (TPSA) is 49.9 Å². The summed E-state index contributed by atoms with van der Waals surface area (Å²) in [6.07, 6.45) is 5.96. The molecular weight excluding hydrogens is 364 g/mol. The molecule has 0 N–H and O–H groups in total. The highest BCUT2D eigenvalue weighted by molar-refractivity contribution is 5.82. The molecule has 1 fully saturated rings. The van der Waals surface area contributed by atoms with E-state index in [9.17, 15) is 9.59 Å². The number of ether oxygens (including phenoxy) is 1. The van der Waals surface area contributed by atoms with Crippen LogP contribution in [-0.4, -0.2) is 35.3 Å². The molecule has 4 rings (SSSR count). The van der Waals surface area contributed by atoms with Crippen molar-refractivity contribution in [3.8, 4) is 5.75 Å². The van der Waals surface area contributed by atoms with Gasteiger partial charge in [0.15, 0.2) is 0 Å². The minimum atomic E-state index is -0.265. The molecule has 0 unspecified atom stereocenters. The number of benzene rings is 2. The number of likely N-dealkylation sites (tertiary alicyclic amines) is 1. The van der Waals surface area contributed by atoms with Gasteiger partial charge in [-0.15, -0.1) is 0 Å². The molecule has 5 nitrogen and oxygen atoms in total. The SMILES string of the molecule is COc1ccc([C@H]2CCCN2C(=O)C[C@@H]2c3ccccc3C=CN2C(C)=O)cc1. The average Bonchev–Trinajstić information content (AvgIpc) is 3.24. The van der Waals surface area contributed by atoms with E-state index in [0.29, 0.717) is 0 Å². The van der Waals surface area contributed by atoms with E-state index in [0.717, 1.165) is 41.8 Å². The molecule has 0 bridgehead atoms. The smallest absolute Gasteiger partial charge is 0.225 e. The van der Waals surface area contributed by atoms with Crippen molar-refractivity contribution in [3.63, 3.8) is 0 Å². The second-order valence-corrected chi connectivity index (χ2v) is 7.61. The molecule has 1 saturated heterocycles. The molecular formula is C24H26N2O3. The minimum absolute atomic E-state index is 0.0540. The Morgan fingerprint density at radius 2 is 1.86 bits per heavy atom. The van der Waals surface area contributed by atoms with Gasteiger partial charge in [-0.1, -0.05) is 36.4 Å². The van der Waals surface area contributed by atoms with Gasteiger partial charge in [-0.3, -0.25) is 9.59 Å². The van der Waals surface area contributed by atoms with Crippen LogP contribution in [0.2, 0.25) is 0 Å². The third-order valence-electron chi connectivity index (χ3n) is 5.91. The predicted molar refractivity (Wildman–Crippen MR) is 112 cm³/mol. The molecule has 2 atom stereocenters. The zero-order valence-corrected chi connectivity index (χ0v) is 16.9. The van der Waals surface area contributed by atoms with Crippen LogP contribution in [0.15, 0.2) is 54.7 Å². The molecule has 0 aliphatic carbocycles. The van der Waals surface area contributed by atoms with Gasteiger partial charge in [-0.2, -0.15) is 0 Å². The molecule has 2 aliphatic heterocycles. The van der Waals surface area contributed by atoms with Crippen molar-refractivity contribution in [2.24, 2.45) is 0 Å². The van der Waals surface area contributed by atoms with Crippen LogP contribution in [0.3, 0.4) is 0 Å². The summed E-state index contributed by atoms with van der Waals surface area (Å²) in [5.41, 5.74) is 3.22. The Bertz CT molecular complexity index is 935. The number of fused-ring (bicyclic) bond motifs is 1. The van der Waals surface area contributed by atoms with Crippen LogP contribution in [0, 0.1) is 0 Å². The summed E-state index contributed by atoms with van der Waals surface area (Å²) in [7, 11) is 1.65. The molecule has 150 valence electrons. The normalized spacial score (nSPS) is 20.5. The van der Waals surface area contributed by atoms with Crippen LogP contribution < -0.4 is 4.74 Å². The lowest BCUT2D eigenvalue weighted by atomic mass is 9.93. The fourth-order valence-electron chi connectivity index (χ4n) is 4.43. The largest absolute Gasteiger partial charge is 0.497 e. The molecule has 2 aromatic rings. The molecule has 0 radical (unpaired) electrons. The average molecular weight is 390 g/mol. The fraction of sp³-hybridized carbons (Fsp3) is 0.333. The Hall–Kier alpha value is -3.08. The first-order chi connectivity index (χ1) is 14.1. The second kappa shape index (κ2) is 8.11. The van der Waals surface area contributed by atoms with Crippen molar-refractivity contribution < 1.29 is 14.3 Å². The van der Waals surface area contributed by atoms with E-state index in [1.807, 2.05) is 59.5 Å². The van der Waals surface area contributed by atoms with Crippen molar-refractivity contribution in [2.45, 2.75) is 38.3 Å². The maximum atomic E-state index is 13.3.